The van der Waals surface area contributed by atoms with E-state index in [4.69, 9.17) is 4.74 Å². The summed E-state index contributed by atoms with van der Waals surface area (Å²) in [7, 11) is -3.10. The van der Waals surface area contributed by atoms with Crippen LogP contribution < -0.4 is 5.32 Å². The van der Waals surface area contributed by atoms with Crippen LogP contribution in [-0.4, -0.2) is 61.3 Å². The molecule has 0 aromatic heterocycles. The van der Waals surface area contributed by atoms with Gasteiger partial charge in [0.15, 0.2) is 15.9 Å². The third kappa shape index (κ3) is 5.09. The maximum absolute atomic E-state index is 12.2. The smallest absolute Gasteiger partial charge is 0.338 e. The number of benzene rings is 1. The Hall–Kier alpha value is -2.42. The van der Waals surface area contributed by atoms with Gasteiger partial charge in [0, 0.05) is 25.6 Å². The molecule has 1 aromatic carbocycles. The van der Waals surface area contributed by atoms with Crippen LogP contribution in [0.1, 0.15) is 42.1 Å². The second kappa shape index (κ2) is 8.30. The molecule has 2 heterocycles. The van der Waals surface area contributed by atoms with Crippen molar-refractivity contribution in [2.24, 2.45) is 0 Å². The largest absolute Gasteiger partial charge is 0.449 e. The average Bonchev–Trinajstić information content (AvgIpc) is 3.20. The van der Waals surface area contributed by atoms with Gasteiger partial charge >= 0.3 is 5.97 Å². The van der Waals surface area contributed by atoms with E-state index in [9.17, 15) is 22.8 Å². The molecule has 2 aliphatic rings. The lowest BCUT2D eigenvalue weighted by Crippen LogP contribution is -2.42. The second-order valence-corrected chi connectivity index (χ2v) is 9.50. The van der Waals surface area contributed by atoms with Crippen molar-refractivity contribution in [3.8, 4) is 0 Å². The van der Waals surface area contributed by atoms with Crippen molar-refractivity contribution in [1.29, 1.82) is 0 Å². The summed E-state index contributed by atoms with van der Waals surface area (Å²) in [5.41, 5.74) is 1.22. The molecule has 0 aliphatic carbocycles. The fourth-order valence-electron chi connectivity index (χ4n) is 3.35. The van der Waals surface area contributed by atoms with E-state index >= 15 is 0 Å². The van der Waals surface area contributed by atoms with Gasteiger partial charge < -0.3 is 15.0 Å². The molecule has 2 saturated heterocycles. The lowest BCUT2D eigenvalue weighted by molar-refractivity contribution is -0.129. The first-order valence-corrected chi connectivity index (χ1v) is 11.1. The maximum Gasteiger partial charge on any atom is 0.338 e. The summed E-state index contributed by atoms with van der Waals surface area (Å²) < 4.78 is 28.1. The Morgan fingerprint density at radius 3 is 2.57 bits per heavy atom. The van der Waals surface area contributed by atoms with Gasteiger partial charge in [-0.15, -0.1) is 0 Å². The van der Waals surface area contributed by atoms with Crippen molar-refractivity contribution >= 4 is 27.6 Å². The molecule has 9 heteroatoms. The van der Waals surface area contributed by atoms with Gasteiger partial charge in [-0.05, 0) is 37.5 Å². The molecule has 0 spiro atoms. The van der Waals surface area contributed by atoms with Gasteiger partial charge in [-0.3, -0.25) is 9.59 Å². The van der Waals surface area contributed by atoms with Gasteiger partial charge in [0.1, 0.15) is 0 Å². The fraction of sp³-hybridized carbons (Fsp3) is 0.526. The minimum Gasteiger partial charge on any atom is -0.449 e. The van der Waals surface area contributed by atoms with Crippen LogP contribution in [0.3, 0.4) is 0 Å². The van der Waals surface area contributed by atoms with Crippen LogP contribution in [-0.2, 0) is 30.7 Å². The van der Waals surface area contributed by atoms with Crippen molar-refractivity contribution in [1.82, 2.24) is 10.2 Å². The van der Waals surface area contributed by atoms with Crippen LogP contribution in [0.15, 0.2) is 24.3 Å². The first-order valence-electron chi connectivity index (χ1n) is 9.32. The maximum atomic E-state index is 12.2. The molecule has 2 atom stereocenters. The lowest BCUT2D eigenvalue weighted by atomic mass is 10.1. The SMILES string of the molecule is CC(OC(=O)c1ccc(CN2CCCC2=O)cc1)C(=O)NC1CCS(=O)(=O)C1. The Morgan fingerprint density at radius 1 is 1.29 bits per heavy atom. The molecule has 0 radical (unpaired) electrons. The summed E-state index contributed by atoms with van der Waals surface area (Å²) >= 11 is 0. The Morgan fingerprint density at radius 2 is 2.00 bits per heavy atom. The number of esters is 1. The number of nitrogens with zero attached hydrogens (tertiary/aromatic N) is 1. The Kier molecular flexibility index (Phi) is 6.02. The standard InChI is InChI=1S/C19H24N2O6S/c1-13(18(23)20-16-8-10-28(25,26)12-16)27-19(24)15-6-4-14(5-7-15)11-21-9-2-3-17(21)22/h4-7,13,16H,2-3,8-12H2,1H3,(H,20,23). The van der Waals surface area contributed by atoms with E-state index in [1.54, 1.807) is 29.2 Å². The van der Waals surface area contributed by atoms with E-state index in [1.165, 1.54) is 6.92 Å². The molecule has 3 rings (SSSR count). The van der Waals surface area contributed by atoms with Crippen molar-refractivity contribution in [3.05, 3.63) is 35.4 Å². The highest BCUT2D eigenvalue weighted by Crippen LogP contribution is 2.16. The summed E-state index contributed by atoms with van der Waals surface area (Å²) in [6.07, 6.45) is 0.792. The van der Waals surface area contributed by atoms with Crippen LogP contribution in [0, 0.1) is 0 Å². The highest BCUT2D eigenvalue weighted by atomic mass is 32.2. The first-order chi connectivity index (χ1) is 13.2. The number of amides is 2. The van der Waals surface area contributed by atoms with E-state index < -0.39 is 33.9 Å². The van der Waals surface area contributed by atoms with E-state index in [2.05, 4.69) is 5.32 Å². The average molecular weight is 408 g/mol. The molecule has 0 saturated carbocycles. The zero-order chi connectivity index (χ0) is 20.3. The molecule has 2 amide bonds. The first kappa shape index (κ1) is 20.3. The Labute approximate surface area is 164 Å². The predicted octanol–water partition coefficient (Wildman–Crippen LogP) is 0.658. The van der Waals surface area contributed by atoms with Crippen LogP contribution in [0.4, 0.5) is 0 Å². The topological polar surface area (TPSA) is 110 Å². The molecule has 2 unspecified atom stereocenters. The Balaban J connectivity index is 1.50. The molecular weight excluding hydrogens is 384 g/mol. The van der Waals surface area contributed by atoms with Gasteiger partial charge in [0.25, 0.3) is 5.91 Å². The van der Waals surface area contributed by atoms with Crippen LogP contribution in [0.5, 0.6) is 0 Å². The number of sulfone groups is 1. The number of carbonyl (C=O) groups excluding carboxylic acids is 3. The van der Waals surface area contributed by atoms with E-state index in [0.717, 1.165) is 18.5 Å². The molecule has 1 aromatic rings. The molecular formula is C19H24N2O6S. The summed E-state index contributed by atoms with van der Waals surface area (Å²) in [5, 5.41) is 2.61. The molecule has 0 bridgehead atoms. The third-order valence-electron chi connectivity index (χ3n) is 4.97. The highest BCUT2D eigenvalue weighted by Gasteiger charge is 2.30. The zero-order valence-electron chi connectivity index (χ0n) is 15.7. The summed E-state index contributed by atoms with van der Waals surface area (Å²) in [6, 6.07) is 6.29. The number of hydrogen-bond acceptors (Lipinski definition) is 6. The normalized spacial score (nSPS) is 22.1. The number of nitrogens with one attached hydrogen (secondary N) is 1. The zero-order valence-corrected chi connectivity index (χ0v) is 16.5. The van der Waals surface area contributed by atoms with Crippen LogP contribution >= 0.6 is 0 Å². The van der Waals surface area contributed by atoms with Crippen molar-refractivity contribution in [2.75, 3.05) is 18.1 Å². The Bertz CT molecular complexity index is 865. The highest BCUT2D eigenvalue weighted by molar-refractivity contribution is 7.91. The molecule has 2 aliphatic heterocycles. The number of ether oxygens (including phenoxy) is 1. The van der Waals surface area contributed by atoms with Crippen molar-refractivity contribution in [3.63, 3.8) is 0 Å². The summed E-state index contributed by atoms with van der Waals surface area (Å²) in [6.45, 7) is 2.71. The monoisotopic (exact) mass is 408 g/mol. The molecule has 152 valence electrons. The van der Waals surface area contributed by atoms with Crippen molar-refractivity contribution < 1.29 is 27.5 Å². The summed E-state index contributed by atoms with van der Waals surface area (Å²) in [5.74, 6) is -1.04. The van der Waals surface area contributed by atoms with Gasteiger partial charge in [-0.2, -0.15) is 0 Å². The number of rotatable bonds is 6. The van der Waals surface area contributed by atoms with Gasteiger partial charge in [-0.25, -0.2) is 13.2 Å². The van der Waals surface area contributed by atoms with Crippen molar-refractivity contribution in [2.45, 2.75) is 44.9 Å². The molecule has 28 heavy (non-hydrogen) atoms. The molecule has 1 N–H and O–H groups in total. The number of likely N-dealkylation sites (tertiary alicyclic amines) is 1. The quantitative estimate of drug-likeness (QED) is 0.693. The van der Waals surface area contributed by atoms with Gasteiger partial charge in [-0.1, -0.05) is 12.1 Å². The minimum atomic E-state index is -3.10. The second-order valence-electron chi connectivity index (χ2n) is 7.27. The molecule has 2 fully saturated rings. The van der Waals surface area contributed by atoms with Gasteiger partial charge in [0.05, 0.1) is 17.1 Å². The molecule has 8 nitrogen and oxygen atoms in total. The fourth-order valence-corrected chi connectivity index (χ4v) is 5.02. The summed E-state index contributed by atoms with van der Waals surface area (Å²) in [4.78, 5) is 37.8. The van der Waals surface area contributed by atoms with Crippen LogP contribution in [0.2, 0.25) is 0 Å². The third-order valence-corrected chi connectivity index (χ3v) is 6.73. The number of hydrogen-bond donors (Lipinski definition) is 1. The minimum absolute atomic E-state index is 0.0570. The van der Waals surface area contributed by atoms with E-state index in [0.29, 0.717) is 24.9 Å². The van der Waals surface area contributed by atoms with Gasteiger partial charge in [0.2, 0.25) is 5.91 Å². The lowest BCUT2D eigenvalue weighted by Gasteiger charge is -2.17. The number of carbonyl (C=O) groups is 3. The predicted molar refractivity (Wildman–Crippen MR) is 101 cm³/mol. The van der Waals surface area contributed by atoms with E-state index in [-0.39, 0.29) is 17.4 Å². The van der Waals surface area contributed by atoms with Crippen LogP contribution in [0.25, 0.3) is 0 Å². The van der Waals surface area contributed by atoms with E-state index in [1.807, 2.05) is 0 Å².